The predicted molar refractivity (Wildman–Crippen MR) is 99.8 cm³/mol. The van der Waals surface area contributed by atoms with Gasteiger partial charge in [-0.1, -0.05) is 22.0 Å². The van der Waals surface area contributed by atoms with Crippen LogP contribution in [0.4, 0.5) is 10.1 Å². The van der Waals surface area contributed by atoms with Gasteiger partial charge in [-0.05, 0) is 42.0 Å². The van der Waals surface area contributed by atoms with Crippen molar-refractivity contribution in [2.75, 3.05) is 18.7 Å². The molecule has 0 saturated carbocycles. The fourth-order valence-corrected chi connectivity index (χ4v) is 2.63. The van der Waals surface area contributed by atoms with Crippen molar-refractivity contribution in [3.63, 3.8) is 0 Å². The van der Waals surface area contributed by atoms with Crippen LogP contribution in [-0.4, -0.2) is 25.3 Å². The first-order valence-electron chi connectivity index (χ1n) is 7.90. The number of carbonyl (C=O) groups excluding carboxylic acids is 2. The molecule has 0 radical (unpaired) electrons. The number of nitrogens with one attached hydrogen (secondary N) is 1. The number of ether oxygens (including phenoxy) is 3. The minimum Gasteiger partial charge on any atom is -0.454 e. The Hall–Kier alpha value is -3.38. The molecule has 0 aromatic heterocycles. The lowest BCUT2D eigenvalue weighted by atomic mass is 10.1. The minimum atomic E-state index is -0.980. The van der Waals surface area contributed by atoms with Crippen molar-refractivity contribution in [1.29, 1.82) is 5.26 Å². The molecule has 2 aromatic carbocycles. The highest BCUT2D eigenvalue weighted by Crippen LogP contribution is 2.33. The average Bonchev–Trinajstić information content (AvgIpc) is 3.14. The van der Waals surface area contributed by atoms with Crippen molar-refractivity contribution in [3.05, 3.63) is 57.8 Å². The van der Waals surface area contributed by atoms with E-state index >= 15 is 0 Å². The topological polar surface area (TPSA) is 97.7 Å². The number of carbonyl (C=O) groups is 2. The van der Waals surface area contributed by atoms with Crippen molar-refractivity contribution in [2.24, 2.45) is 0 Å². The van der Waals surface area contributed by atoms with E-state index in [1.807, 2.05) is 0 Å². The molecule has 142 valence electrons. The summed E-state index contributed by atoms with van der Waals surface area (Å²) in [6, 6.07) is 10.7. The van der Waals surface area contributed by atoms with Crippen molar-refractivity contribution >= 4 is 39.6 Å². The molecule has 0 saturated heterocycles. The van der Waals surface area contributed by atoms with E-state index in [2.05, 4.69) is 21.2 Å². The lowest BCUT2D eigenvalue weighted by molar-refractivity contribution is -0.142. The smallest absolute Gasteiger partial charge is 0.349 e. The Bertz CT molecular complexity index is 1020. The van der Waals surface area contributed by atoms with Crippen LogP contribution in [0, 0.1) is 17.1 Å². The minimum absolute atomic E-state index is 0.0549. The van der Waals surface area contributed by atoms with Crippen LogP contribution >= 0.6 is 15.9 Å². The Balaban J connectivity index is 1.61. The van der Waals surface area contributed by atoms with Crippen LogP contribution in [0.25, 0.3) is 6.08 Å². The third kappa shape index (κ3) is 4.66. The maximum atomic E-state index is 13.7. The molecule has 1 aliphatic rings. The van der Waals surface area contributed by atoms with Gasteiger partial charge in [-0.3, -0.25) is 4.79 Å². The fraction of sp³-hybridized carbons (Fsp3) is 0.105. The Morgan fingerprint density at radius 2 is 2.04 bits per heavy atom. The molecule has 1 N–H and O–H groups in total. The van der Waals surface area contributed by atoms with E-state index in [0.717, 1.165) is 0 Å². The molecule has 1 heterocycles. The standard InChI is InChI=1S/C19H12BrFN2O5/c20-13-2-3-15(14(21)7-13)23-18(24)9-26-19(25)12(8-22)5-11-1-4-16-17(6-11)28-10-27-16/h1-7H,9-10H2,(H,23,24)/b12-5+. The number of amides is 1. The molecule has 0 atom stereocenters. The molecule has 7 nitrogen and oxygen atoms in total. The SMILES string of the molecule is N#C/C(=C\c1ccc2c(c1)OCO2)C(=O)OCC(=O)Nc1ccc(Br)cc1F. The van der Waals surface area contributed by atoms with E-state index in [9.17, 15) is 19.2 Å². The van der Waals surface area contributed by atoms with E-state index in [-0.39, 0.29) is 18.1 Å². The van der Waals surface area contributed by atoms with Crippen LogP contribution in [0.15, 0.2) is 46.4 Å². The third-order valence-electron chi connectivity index (χ3n) is 3.59. The number of esters is 1. The first-order valence-corrected chi connectivity index (χ1v) is 8.69. The van der Waals surface area contributed by atoms with Gasteiger partial charge in [-0.2, -0.15) is 5.26 Å². The first-order chi connectivity index (χ1) is 13.5. The predicted octanol–water partition coefficient (Wildman–Crippen LogP) is 3.41. The largest absolute Gasteiger partial charge is 0.454 e. The van der Waals surface area contributed by atoms with Gasteiger partial charge in [0, 0.05) is 4.47 Å². The van der Waals surface area contributed by atoms with Crippen LogP contribution in [0.3, 0.4) is 0 Å². The summed E-state index contributed by atoms with van der Waals surface area (Å²) in [6.07, 6.45) is 1.30. The number of halogens is 2. The monoisotopic (exact) mass is 446 g/mol. The maximum Gasteiger partial charge on any atom is 0.349 e. The van der Waals surface area contributed by atoms with Crippen molar-refractivity contribution in [1.82, 2.24) is 0 Å². The second kappa shape index (κ2) is 8.54. The molecule has 0 fully saturated rings. The van der Waals surface area contributed by atoms with E-state index in [0.29, 0.717) is 21.5 Å². The van der Waals surface area contributed by atoms with Crippen molar-refractivity contribution < 1.29 is 28.2 Å². The zero-order valence-corrected chi connectivity index (χ0v) is 15.8. The van der Waals surface area contributed by atoms with Crippen LogP contribution in [0.1, 0.15) is 5.56 Å². The van der Waals surface area contributed by atoms with Crippen LogP contribution < -0.4 is 14.8 Å². The second-order valence-corrected chi connectivity index (χ2v) is 6.45. The Kier molecular flexibility index (Phi) is 5.91. The van der Waals surface area contributed by atoms with Gasteiger partial charge in [-0.25, -0.2) is 9.18 Å². The molecule has 0 bridgehead atoms. The highest BCUT2D eigenvalue weighted by atomic mass is 79.9. The number of nitrogens with zero attached hydrogens (tertiary/aromatic N) is 1. The molecular formula is C19H12BrFN2O5. The summed E-state index contributed by atoms with van der Waals surface area (Å²) in [7, 11) is 0. The Morgan fingerprint density at radius 1 is 1.25 bits per heavy atom. The number of hydrogen-bond acceptors (Lipinski definition) is 6. The summed E-state index contributed by atoms with van der Waals surface area (Å²) in [5, 5.41) is 11.5. The summed E-state index contributed by atoms with van der Waals surface area (Å²) in [5.74, 6) is -1.30. The van der Waals surface area contributed by atoms with Crippen LogP contribution in [-0.2, 0) is 14.3 Å². The molecule has 1 amide bonds. The van der Waals surface area contributed by atoms with Crippen LogP contribution in [0.2, 0.25) is 0 Å². The first kappa shape index (κ1) is 19.4. The van der Waals surface area contributed by atoms with Crippen molar-refractivity contribution in [3.8, 4) is 17.6 Å². The second-order valence-electron chi connectivity index (χ2n) is 5.53. The molecule has 0 unspecified atom stereocenters. The van der Waals surface area contributed by atoms with Crippen LogP contribution in [0.5, 0.6) is 11.5 Å². The number of rotatable bonds is 5. The number of benzene rings is 2. The lowest BCUT2D eigenvalue weighted by Crippen LogP contribution is -2.21. The summed E-state index contributed by atoms with van der Waals surface area (Å²) >= 11 is 3.11. The number of hydrogen-bond donors (Lipinski definition) is 1. The van der Waals surface area contributed by atoms with E-state index < -0.39 is 24.3 Å². The van der Waals surface area contributed by atoms with Gasteiger partial charge in [0.25, 0.3) is 5.91 Å². The lowest BCUT2D eigenvalue weighted by Gasteiger charge is -2.07. The molecule has 0 aliphatic carbocycles. The van der Waals surface area contributed by atoms with Crippen molar-refractivity contribution in [2.45, 2.75) is 0 Å². The summed E-state index contributed by atoms with van der Waals surface area (Å²) in [5.41, 5.74) is 0.168. The third-order valence-corrected chi connectivity index (χ3v) is 4.08. The van der Waals surface area contributed by atoms with Gasteiger partial charge < -0.3 is 19.5 Å². The molecule has 3 rings (SSSR count). The normalized spacial score (nSPS) is 12.2. The van der Waals surface area contributed by atoms with Gasteiger partial charge >= 0.3 is 5.97 Å². The summed E-state index contributed by atoms with van der Waals surface area (Å²) < 4.78 is 29.5. The number of anilines is 1. The highest BCUT2D eigenvalue weighted by Gasteiger charge is 2.16. The molecule has 28 heavy (non-hydrogen) atoms. The van der Waals surface area contributed by atoms with Gasteiger partial charge in [0.15, 0.2) is 18.1 Å². The summed E-state index contributed by atoms with van der Waals surface area (Å²) in [6.45, 7) is -0.571. The Morgan fingerprint density at radius 3 is 2.79 bits per heavy atom. The molecule has 9 heteroatoms. The molecule has 2 aromatic rings. The molecule has 1 aliphatic heterocycles. The fourth-order valence-electron chi connectivity index (χ4n) is 2.29. The zero-order chi connectivity index (χ0) is 20.1. The van der Waals surface area contributed by atoms with E-state index in [4.69, 9.17) is 14.2 Å². The summed E-state index contributed by atoms with van der Waals surface area (Å²) in [4.78, 5) is 23.9. The number of nitriles is 1. The molecular weight excluding hydrogens is 435 g/mol. The number of fused-ring (bicyclic) bond motifs is 1. The van der Waals surface area contributed by atoms with E-state index in [1.54, 1.807) is 30.3 Å². The van der Waals surface area contributed by atoms with Gasteiger partial charge in [0.2, 0.25) is 6.79 Å². The van der Waals surface area contributed by atoms with Gasteiger partial charge in [0.1, 0.15) is 17.5 Å². The quantitative estimate of drug-likeness (QED) is 0.429. The highest BCUT2D eigenvalue weighted by molar-refractivity contribution is 9.10. The average molecular weight is 447 g/mol. The van der Waals surface area contributed by atoms with Gasteiger partial charge in [-0.15, -0.1) is 0 Å². The van der Waals surface area contributed by atoms with Gasteiger partial charge in [0.05, 0.1) is 5.69 Å². The van der Waals surface area contributed by atoms with E-state index in [1.165, 1.54) is 18.2 Å². The Labute approximate surface area is 167 Å². The maximum absolute atomic E-state index is 13.7. The zero-order valence-electron chi connectivity index (χ0n) is 14.2. The molecule has 0 spiro atoms.